The number of nitriles is 1. The molecule has 0 amide bonds. The first-order valence-corrected chi connectivity index (χ1v) is 9.26. The Labute approximate surface area is 154 Å². The zero-order valence-corrected chi connectivity index (χ0v) is 15.0. The molecule has 1 heterocycles. The molecule has 1 fully saturated rings. The van der Waals surface area contributed by atoms with Crippen molar-refractivity contribution >= 4 is 0 Å². The van der Waals surface area contributed by atoms with Crippen molar-refractivity contribution in [2.45, 2.75) is 37.6 Å². The molecule has 2 aromatic carbocycles. The predicted molar refractivity (Wildman–Crippen MR) is 103 cm³/mol. The Balaban J connectivity index is 1.76. The van der Waals surface area contributed by atoms with Crippen molar-refractivity contribution in [3.63, 3.8) is 0 Å². The molecule has 1 aliphatic rings. The summed E-state index contributed by atoms with van der Waals surface area (Å²) in [6.45, 7) is 2.02. The molecular weight excluding hydrogens is 318 g/mol. The summed E-state index contributed by atoms with van der Waals surface area (Å²) in [6.07, 6.45) is 7.17. The molecule has 26 heavy (non-hydrogen) atoms. The molecule has 0 spiro atoms. The highest BCUT2D eigenvalue weighted by atomic mass is 15.1. The molecule has 2 atom stereocenters. The van der Waals surface area contributed by atoms with E-state index in [1.165, 1.54) is 0 Å². The van der Waals surface area contributed by atoms with Crippen molar-refractivity contribution in [2.75, 3.05) is 0 Å². The van der Waals surface area contributed by atoms with E-state index in [9.17, 15) is 5.26 Å². The van der Waals surface area contributed by atoms with Gasteiger partial charge in [-0.2, -0.15) is 5.26 Å². The third-order valence-corrected chi connectivity index (χ3v) is 5.80. The summed E-state index contributed by atoms with van der Waals surface area (Å²) in [5.41, 5.74) is 2.64. The first kappa shape index (κ1) is 16.6. The number of nitrogens with zero attached hydrogens (tertiary/aromatic N) is 3. The minimum absolute atomic E-state index is 0.282. The van der Waals surface area contributed by atoms with Crippen LogP contribution in [-0.2, 0) is 5.41 Å². The molecule has 0 unspecified atom stereocenters. The van der Waals surface area contributed by atoms with Crippen molar-refractivity contribution < 1.29 is 0 Å². The van der Waals surface area contributed by atoms with Crippen LogP contribution in [0.2, 0.25) is 0 Å². The SMILES string of the molecule is Cc1cn([C@H]2CC[C@@H](C(C#N)(c3ccccc3)c3ccccc3)C2)cn1. The fourth-order valence-corrected chi connectivity index (χ4v) is 4.52. The van der Waals surface area contributed by atoms with E-state index in [1.54, 1.807) is 0 Å². The number of imidazole rings is 1. The van der Waals surface area contributed by atoms with E-state index in [1.807, 2.05) is 49.6 Å². The maximum absolute atomic E-state index is 10.4. The van der Waals surface area contributed by atoms with Gasteiger partial charge >= 0.3 is 0 Å². The third kappa shape index (κ3) is 2.72. The van der Waals surface area contributed by atoms with Gasteiger partial charge in [0.1, 0.15) is 5.41 Å². The minimum Gasteiger partial charge on any atom is -0.334 e. The van der Waals surface area contributed by atoms with Crippen molar-refractivity contribution in [1.29, 1.82) is 5.26 Å². The van der Waals surface area contributed by atoms with Gasteiger partial charge in [0.25, 0.3) is 0 Å². The lowest BCUT2D eigenvalue weighted by atomic mass is 9.66. The molecule has 0 saturated heterocycles. The monoisotopic (exact) mass is 341 g/mol. The second-order valence-corrected chi connectivity index (χ2v) is 7.28. The van der Waals surface area contributed by atoms with Gasteiger partial charge < -0.3 is 4.57 Å². The summed E-state index contributed by atoms with van der Waals surface area (Å²) in [5, 5.41) is 10.4. The van der Waals surface area contributed by atoms with Crippen LogP contribution in [0, 0.1) is 24.2 Å². The molecule has 0 bridgehead atoms. The van der Waals surface area contributed by atoms with E-state index < -0.39 is 5.41 Å². The Morgan fingerprint density at radius 2 is 1.62 bits per heavy atom. The van der Waals surface area contributed by atoms with Crippen molar-refractivity contribution in [1.82, 2.24) is 9.55 Å². The normalized spacial score (nSPS) is 20.0. The summed E-state index contributed by atoms with van der Waals surface area (Å²) in [5.74, 6) is 0.282. The van der Waals surface area contributed by atoms with E-state index in [0.29, 0.717) is 6.04 Å². The Morgan fingerprint density at radius 1 is 1.00 bits per heavy atom. The van der Waals surface area contributed by atoms with Crippen LogP contribution in [0.1, 0.15) is 42.1 Å². The zero-order valence-electron chi connectivity index (χ0n) is 15.0. The fourth-order valence-electron chi connectivity index (χ4n) is 4.52. The average molecular weight is 341 g/mol. The average Bonchev–Trinajstić information content (AvgIpc) is 3.34. The van der Waals surface area contributed by atoms with Gasteiger partial charge in [0.05, 0.1) is 18.1 Å². The van der Waals surface area contributed by atoms with E-state index in [0.717, 1.165) is 36.1 Å². The van der Waals surface area contributed by atoms with Crippen LogP contribution in [0.25, 0.3) is 0 Å². The lowest BCUT2D eigenvalue weighted by Crippen LogP contribution is -2.34. The van der Waals surface area contributed by atoms with E-state index >= 15 is 0 Å². The van der Waals surface area contributed by atoms with Crippen LogP contribution >= 0.6 is 0 Å². The largest absolute Gasteiger partial charge is 0.334 e. The second kappa shape index (κ2) is 6.80. The van der Waals surface area contributed by atoms with Gasteiger partial charge in [0.2, 0.25) is 0 Å². The standard InChI is InChI=1S/C23H23N3/c1-18-15-26(17-25-18)22-13-12-21(14-22)23(16-24,19-8-4-2-5-9-19)20-10-6-3-7-11-20/h2-11,15,17,21-22H,12-14H2,1H3/t21-,22+/m1/s1. The molecule has 4 rings (SSSR count). The highest BCUT2D eigenvalue weighted by molar-refractivity contribution is 5.47. The topological polar surface area (TPSA) is 41.6 Å². The van der Waals surface area contributed by atoms with Gasteiger partial charge in [-0.15, -0.1) is 0 Å². The Morgan fingerprint density at radius 3 is 2.12 bits per heavy atom. The molecule has 0 aliphatic heterocycles. The van der Waals surface area contributed by atoms with Gasteiger partial charge in [-0.3, -0.25) is 0 Å². The number of aromatic nitrogens is 2. The molecule has 3 nitrogen and oxygen atoms in total. The Bertz CT molecular complexity index is 866. The van der Waals surface area contributed by atoms with Crippen molar-refractivity contribution in [3.8, 4) is 6.07 Å². The highest BCUT2D eigenvalue weighted by Crippen LogP contribution is 2.49. The van der Waals surface area contributed by atoms with E-state index in [-0.39, 0.29) is 5.92 Å². The van der Waals surface area contributed by atoms with Crippen molar-refractivity contribution in [3.05, 3.63) is 90.0 Å². The van der Waals surface area contributed by atoms with Crippen LogP contribution in [0.5, 0.6) is 0 Å². The number of rotatable bonds is 4. The predicted octanol–water partition coefficient (Wildman–Crippen LogP) is 5.04. The number of hydrogen-bond acceptors (Lipinski definition) is 2. The zero-order chi connectivity index (χ0) is 18.0. The molecule has 1 saturated carbocycles. The summed E-state index contributed by atoms with van der Waals surface area (Å²) < 4.78 is 2.23. The lowest BCUT2D eigenvalue weighted by Gasteiger charge is -2.34. The molecule has 1 aromatic heterocycles. The smallest absolute Gasteiger partial charge is 0.110 e. The number of aryl methyl sites for hydroxylation is 1. The van der Waals surface area contributed by atoms with Crippen LogP contribution in [0.15, 0.2) is 73.2 Å². The Kier molecular flexibility index (Phi) is 4.34. The van der Waals surface area contributed by atoms with Crippen LogP contribution in [0.4, 0.5) is 0 Å². The summed E-state index contributed by atoms with van der Waals surface area (Å²) in [4.78, 5) is 4.38. The van der Waals surface area contributed by atoms with Crippen LogP contribution in [-0.4, -0.2) is 9.55 Å². The Hall–Kier alpha value is -2.86. The van der Waals surface area contributed by atoms with Crippen LogP contribution in [0.3, 0.4) is 0 Å². The second-order valence-electron chi connectivity index (χ2n) is 7.28. The summed E-state index contributed by atoms with van der Waals surface area (Å²) in [6, 6.07) is 23.8. The summed E-state index contributed by atoms with van der Waals surface area (Å²) in [7, 11) is 0. The molecule has 3 aromatic rings. The molecular formula is C23H23N3. The van der Waals surface area contributed by atoms with Gasteiger partial charge in [-0.1, -0.05) is 60.7 Å². The van der Waals surface area contributed by atoms with E-state index in [4.69, 9.17) is 0 Å². The highest BCUT2D eigenvalue weighted by Gasteiger charge is 2.46. The number of hydrogen-bond donors (Lipinski definition) is 0. The molecule has 0 N–H and O–H groups in total. The molecule has 0 radical (unpaired) electrons. The first-order chi connectivity index (χ1) is 12.7. The van der Waals surface area contributed by atoms with Crippen LogP contribution < -0.4 is 0 Å². The molecule has 1 aliphatic carbocycles. The third-order valence-electron chi connectivity index (χ3n) is 5.80. The molecule has 130 valence electrons. The van der Waals surface area contributed by atoms with Gasteiger partial charge in [-0.05, 0) is 43.2 Å². The molecule has 3 heteroatoms. The fraction of sp³-hybridized carbons (Fsp3) is 0.304. The summed E-state index contributed by atoms with van der Waals surface area (Å²) >= 11 is 0. The lowest BCUT2D eigenvalue weighted by molar-refractivity contribution is 0.381. The quantitative estimate of drug-likeness (QED) is 0.667. The van der Waals surface area contributed by atoms with Crippen molar-refractivity contribution in [2.24, 2.45) is 5.92 Å². The maximum Gasteiger partial charge on any atom is 0.110 e. The van der Waals surface area contributed by atoms with Gasteiger partial charge in [-0.25, -0.2) is 4.98 Å². The van der Waals surface area contributed by atoms with Gasteiger partial charge in [0.15, 0.2) is 0 Å². The van der Waals surface area contributed by atoms with Gasteiger partial charge in [0, 0.05) is 12.2 Å². The number of benzene rings is 2. The minimum atomic E-state index is -0.604. The van der Waals surface area contributed by atoms with E-state index in [2.05, 4.69) is 46.1 Å². The first-order valence-electron chi connectivity index (χ1n) is 9.26. The maximum atomic E-state index is 10.4.